The Kier molecular flexibility index (Phi) is 6.05. The van der Waals surface area contributed by atoms with E-state index >= 15 is 0 Å². The fraction of sp³-hybridized carbons (Fsp3) is 0.211. The van der Waals surface area contributed by atoms with Gasteiger partial charge in [0, 0.05) is 11.9 Å². The van der Waals surface area contributed by atoms with E-state index in [0.29, 0.717) is 23.5 Å². The van der Waals surface area contributed by atoms with Crippen molar-refractivity contribution in [3.8, 4) is 0 Å². The highest BCUT2D eigenvalue weighted by molar-refractivity contribution is 7.99. The SMILES string of the molecule is CCOC(=O)c1ccc(NC(=O)CSc2nc(=O)n3cc(C)ccc3n2)cc1. The normalized spacial score (nSPS) is 10.6. The second kappa shape index (κ2) is 8.66. The van der Waals surface area contributed by atoms with Crippen molar-refractivity contribution in [2.45, 2.75) is 19.0 Å². The summed E-state index contributed by atoms with van der Waals surface area (Å²) in [4.78, 5) is 44.0. The number of carbonyl (C=O) groups is 2. The average Bonchev–Trinajstić information content (AvgIpc) is 2.68. The Morgan fingerprint density at radius 2 is 1.89 bits per heavy atom. The summed E-state index contributed by atoms with van der Waals surface area (Å²) in [7, 11) is 0. The highest BCUT2D eigenvalue weighted by Crippen LogP contribution is 2.15. The number of thioether (sulfide) groups is 1. The largest absolute Gasteiger partial charge is 0.462 e. The number of aryl methyl sites for hydroxylation is 1. The molecule has 1 aromatic carbocycles. The number of nitrogens with zero attached hydrogens (tertiary/aromatic N) is 3. The molecule has 0 aliphatic rings. The molecule has 0 saturated heterocycles. The molecule has 1 N–H and O–H groups in total. The molecule has 0 radical (unpaired) electrons. The van der Waals surface area contributed by atoms with Crippen molar-refractivity contribution >= 4 is 35.0 Å². The predicted octanol–water partition coefficient (Wildman–Crippen LogP) is 2.31. The number of ether oxygens (including phenoxy) is 1. The number of carbonyl (C=O) groups excluding carboxylic acids is 2. The Morgan fingerprint density at radius 3 is 2.61 bits per heavy atom. The third-order valence-corrected chi connectivity index (χ3v) is 4.54. The molecule has 0 aliphatic heterocycles. The van der Waals surface area contributed by atoms with Gasteiger partial charge in [0.05, 0.1) is 17.9 Å². The lowest BCUT2D eigenvalue weighted by Crippen LogP contribution is -2.20. The van der Waals surface area contributed by atoms with Gasteiger partial charge in [0.2, 0.25) is 5.91 Å². The smallest absolute Gasteiger partial charge is 0.355 e. The number of anilines is 1. The van der Waals surface area contributed by atoms with Crippen molar-refractivity contribution < 1.29 is 14.3 Å². The highest BCUT2D eigenvalue weighted by Gasteiger charge is 2.10. The first-order chi connectivity index (χ1) is 13.5. The third kappa shape index (κ3) is 4.74. The molecule has 9 heteroatoms. The maximum atomic E-state index is 12.1. The summed E-state index contributed by atoms with van der Waals surface area (Å²) >= 11 is 1.07. The molecule has 0 saturated carbocycles. The van der Waals surface area contributed by atoms with Gasteiger partial charge in [0.1, 0.15) is 5.65 Å². The summed E-state index contributed by atoms with van der Waals surface area (Å²) in [6.07, 6.45) is 1.67. The number of amides is 1. The van der Waals surface area contributed by atoms with Gasteiger partial charge in [-0.05, 0) is 49.7 Å². The van der Waals surface area contributed by atoms with Crippen LogP contribution in [0.1, 0.15) is 22.8 Å². The lowest BCUT2D eigenvalue weighted by atomic mass is 10.2. The zero-order valence-corrected chi connectivity index (χ0v) is 16.2. The van der Waals surface area contributed by atoms with Crippen LogP contribution in [0.25, 0.3) is 5.65 Å². The monoisotopic (exact) mass is 398 g/mol. The molecule has 3 rings (SSSR count). The number of fused-ring (bicyclic) bond motifs is 1. The van der Waals surface area contributed by atoms with Gasteiger partial charge in [-0.2, -0.15) is 4.98 Å². The number of benzene rings is 1. The minimum Gasteiger partial charge on any atom is -0.462 e. The predicted molar refractivity (Wildman–Crippen MR) is 106 cm³/mol. The number of pyridine rings is 1. The van der Waals surface area contributed by atoms with Gasteiger partial charge in [0.15, 0.2) is 5.16 Å². The Balaban J connectivity index is 1.61. The van der Waals surface area contributed by atoms with Crippen LogP contribution >= 0.6 is 11.8 Å². The Labute approximate surface area is 165 Å². The number of hydrogen-bond donors (Lipinski definition) is 1. The van der Waals surface area contributed by atoms with E-state index in [1.54, 1.807) is 43.5 Å². The van der Waals surface area contributed by atoms with Gasteiger partial charge in [0.25, 0.3) is 0 Å². The van der Waals surface area contributed by atoms with Crippen molar-refractivity contribution in [2.75, 3.05) is 17.7 Å². The Bertz CT molecular complexity index is 1080. The van der Waals surface area contributed by atoms with E-state index in [4.69, 9.17) is 4.74 Å². The fourth-order valence-corrected chi connectivity index (χ4v) is 3.03. The van der Waals surface area contributed by atoms with Gasteiger partial charge in [-0.15, -0.1) is 0 Å². The average molecular weight is 398 g/mol. The molecule has 3 aromatic rings. The molecule has 0 aliphatic carbocycles. The minimum absolute atomic E-state index is 0.0428. The van der Waals surface area contributed by atoms with Crippen LogP contribution in [0.4, 0.5) is 5.69 Å². The number of aromatic nitrogens is 3. The Hall–Kier alpha value is -3.20. The van der Waals surface area contributed by atoms with E-state index in [1.807, 2.05) is 13.0 Å². The van der Waals surface area contributed by atoms with Gasteiger partial charge in [-0.3, -0.25) is 9.20 Å². The molecular weight excluding hydrogens is 380 g/mol. The summed E-state index contributed by atoms with van der Waals surface area (Å²) < 4.78 is 6.28. The van der Waals surface area contributed by atoms with Crippen LogP contribution in [0.5, 0.6) is 0 Å². The number of esters is 1. The summed E-state index contributed by atoms with van der Waals surface area (Å²) in [5.41, 5.74) is 1.92. The first-order valence-electron chi connectivity index (χ1n) is 8.53. The highest BCUT2D eigenvalue weighted by atomic mass is 32.2. The van der Waals surface area contributed by atoms with E-state index < -0.39 is 11.7 Å². The lowest BCUT2D eigenvalue weighted by Gasteiger charge is -2.07. The van der Waals surface area contributed by atoms with E-state index in [0.717, 1.165) is 17.3 Å². The summed E-state index contributed by atoms with van der Waals surface area (Å²) in [5, 5.41) is 2.96. The second-order valence-corrected chi connectivity index (χ2v) is 6.80. The molecule has 144 valence electrons. The van der Waals surface area contributed by atoms with E-state index in [1.165, 1.54) is 4.40 Å². The van der Waals surface area contributed by atoms with Gasteiger partial charge < -0.3 is 10.1 Å². The zero-order chi connectivity index (χ0) is 20.1. The van der Waals surface area contributed by atoms with Crippen LogP contribution in [0.2, 0.25) is 0 Å². The molecule has 0 spiro atoms. The number of hydrogen-bond acceptors (Lipinski definition) is 7. The van der Waals surface area contributed by atoms with Crippen LogP contribution in [-0.2, 0) is 9.53 Å². The van der Waals surface area contributed by atoms with Crippen molar-refractivity contribution in [3.05, 3.63) is 64.2 Å². The molecule has 0 unspecified atom stereocenters. The van der Waals surface area contributed by atoms with Crippen molar-refractivity contribution in [1.82, 2.24) is 14.4 Å². The molecule has 8 nitrogen and oxygen atoms in total. The topological polar surface area (TPSA) is 103 Å². The molecule has 0 bridgehead atoms. The molecular formula is C19H18N4O4S. The van der Waals surface area contributed by atoms with Gasteiger partial charge in [-0.1, -0.05) is 17.8 Å². The quantitative estimate of drug-likeness (QED) is 0.502. The van der Waals surface area contributed by atoms with Crippen molar-refractivity contribution in [3.63, 3.8) is 0 Å². The first kappa shape index (κ1) is 19.6. The summed E-state index contributed by atoms with van der Waals surface area (Å²) in [6, 6.07) is 9.98. The van der Waals surface area contributed by atoms with Crippen LogP contribution < -0.4 is 11.0 Å². The molecule has 0 fully saturated rings. The third-order valence-electron chi connectivity index (χ3n) is 3.69. The zero-order valence-electron chi connectivity index (χ0n) is 15.3. The van der Waals surface area contributed by atoms with Crippen LogP contribution in [0, 0.1) is 6.92 Å². The van der Waals surface area contributed by atoms with Crippen LogP contribution in [0.15, 0.2) is 52.5 Å². The van der Waals surface area contributed by atoms with E-state index in [2.05, 4.69) is 15.3 Å². The summed E-state index contributed by atoms with van der Waals surface area (Å²) in [5.74, 6) is -0.645. The lowest BCUT2D eigenvalue weighted by molar-refractivity contribution is -0.113. The molecule has 2 aromatic heterocycles. The summed E-state index contributed by atoms with van der Waals surface area (Å²) in [6.45, 7) is 3.91. The van der Waals surface area contributed by atoms with Gasteiger partial charge in [-0.25, -0.2) is 14.6 Å². The first-order valence-corrected chi connectivity index (χ1v) is 9.51. The van der Waals surface area contributed by atoms with Crippen molar-refractivity contribution in [2.24, 2.45) is 0 Å². The molecule has 2 heterocycles. The molecule has 0 atom stereocenters. The minimum atomic E-state index is -0.439. The van der Waals surface area contributed by atoms with Crippen LogP contribution in [-0.4, -0.2) is 38.6 Å². The Morgan fingerprint density at radius 1 is 1.14 bits per heavy atom. The molecule has 28 heavy (non-hydrogen) atoms. The molecule has 1 amide bonds. The standard InChI is InChI=1S/C19H18N4O4S/c1-3-27-17(25)13-5-7-14(8-6-13)20-16(24)11-28-18-21-15-9-4-12(2)10-23(15)19(26)22-18/h4-10H,3,11H2,1-2H3,(H,20,24). The number of rotatable bonds is 6. The fourth-order valence-electron chi connectivity index (χ4n) is 2.40. The maximum Gasteiger partial charge on any atom is 0.355 e. The second-order valence-electron chi connectivity index (χ2n) is 5.86. The van der Waals surface area contributed by atoms with E-state index in [9.17, 15) is 14.4 Å². The van der Waals surface area contributed by atoms with E-state index in [-0.39, 0.29) is 16.8 Å². The van der Waals surface area contributed by atoms with Crippen LogP contribution in [0.3, 0.4) is 0 Å². The maximum absolute atomic E-state index is 12.1. The van der Waals surface area contributed by atoms with Crippen molar-refractivity contribution in [1.29, 1.82) is 0 Å². The van der Waals surface area contributed by atoms with Gasteiger partial charge >= 0.3 is 11.7 Å². The number of nitrogens with one attached hydrogen (secondary N) is 1.